The lowest BCUT2D eigenvalue weighted by atomic mass is 10.1. The molecule has 2 aromatic rings. The molecule has 0 saturated heterocycles. The maximum atomic E-state index is 10.3. The van der Waals surface area contributed by atoms with Crippen LogP contribution in [0.2, 0.25) is 0 Å². The average molecular weight is 584 g/mol. The molecular formula is C29H39BrN6O2. The number of aldehydes is 1. The molecule has 0 unspecified atom stereocenters. The molecule has 2 rings (SSSR count). The number of aliphatic hydroxyl groups is 1. The van der Waals surface area contributed by atoms with Crippen molar-refractivity contribution in [1.29, 1.82) is 5.26 Å². The summed E-state index contributed by atoms with van der Waals surface area (Å²) in [5.74, 6) is 1.84. The Morgan fingerprint density at radius 1 is 1.29 bits per heavy atom. The quantitative estimate of drug-likeness (QED) is 0.0768. The summed E-state index contributed by atoms with van der Waals surface area (Å²) in [6.07, 6.45) is 10.2. The molecule has 0 aliphatic carbocycles. The third-order valence-electron chi connectivity index (χ3n) is 5.46. The summed E-state index contributed by atoms with van der Waals surface area (Å²) in [4.78, 5) is 14.4. The van der Waals surface area contributed by atoms with Crippen LogP contribution in [0.25, 0.3) is 5.82 Å². The molecule has 0 fully saturated rings. The Bertz CT molecular complexity index is 1170. The van der Waals surface area contributed by atoms with Crippen molar-refractivity contribution < 1.29 is 9.90 Å². The number of nitrogens with zero attached hydrogens (tertiary/aromatic N) is 4. The van der Waals surface area contributed by atoms with Crippen LogP contribution in [0.4, 0.5) is 5.82 Å². The van der Waals surface area contributed by atoms with Crippen LogP contribution >= 0.6 is 15.9 Å². The zero-order valence-corrected chi connectivity index (χ0v) is 24.4. The molecule has 0 bridgehead atoms. The lowest BCUT2D eigenvalue weighted by Gasteiger charge is -2.17. The van der Waals surface area contributed by atoms with Crippen LogP contribution in [0.15, 0.2) is 69.0 Å². The van der Waals surface area contributed by atoms with Crippen molar-refractivity contribution >= 4 is 40.6 Å². The van der Waals surface area contributed by atoms with Crippen LogP contribution in [-0.2, 0) is 6.42 Å². The normalized spacial score (nSPS) is 12.1. The first-order valence-electron chi connectivity index (χ1n) is 12.6. The summed E-state index contributed by atoms with van der Waals surface area (Å²) in [5.41, 5.74) is 3.49. The lowest BCUT2D eigenvalue weighted by Crippen LogP contribution is -2.22. The van der Waals surface area contributed by atoms with Crippen molar-refractivity contribution in [3.63, 3.8) is 0 Å². The van der Waals surface area contributed by atoms with Gasteiger partial charge in [0.15, 0.2) is 5.82 Å². The SMILES string of the molecule is C=Nc1c(Br)cnn1/C(NCCCCNC)=C(/C)C/C(C)=C(O)/C=C\CC.N#CCc1cccc(C=O)c1. The highest BCUT2D eigenvalue weighted by molar-refractivity contribution is 9.10. The number of unbranched alkanes of at least 4 members (excludes halogenated alkanes) is 1. The molecule has 3 N–H and O–H groups in total. The number of hydrogen-bond acceptors (Lipinski definition) is 7. The van der Waals surface area contributed by atoms with E-state index in [9.17, 15) is 9.90 Å². The second-order valence-electron chi connectivity index (χ2n) is 8.60. The molecule has 1 aromatic carbocycles. The summed E-state index contributed by atoms with van der Waals surface area (Å²) in [7, 11) is 1.96. The topological polar surface area (TPSA) is 115 Å². The van der Waals surface area contributed by atoms with E-state index in [-0.39, 0.29) is 0 Å². The Morgan fingerprint density at radius 2 is 2.03 bits per heavy atom. The van der Waals surface area contributed by atoms with Gasteiger partial charge in [-0.25, -0.2) is 4.99 Å². The molecular weight excluding hydrogens is 544 g/mol. The van der Waals surface area contributed by atoms with Crippen molar-refractivity contribution in [2.45, 2.75) is 52.9 Å². The molecule has 1 heterocycles. The molecule has 0 radical (unpaired) electrons. The molecule has 0 aliphatic heterocycles. The number of halogens is 1. The second kappa shape index (κ2) is 18.7. The molecule has 204 valence electrons. The number of nitrogens with one attached hydrogen (secondary N) is 2. The summed E-state index contributed by atoms with van der Waals surface area (Å²) in [6.45, 7) is 11.5. The Kier molecular flexibility index (Phi) is 16.0. The number of rotatable bonds is 14. The predicted octanol–water partition coefficient (Wildman–Crippen LogP) is 6.51. The lowest BCUT2D eigenvalue weighted by molar-refractivity contribution is 0.112. The second-order valence-corrected chi connectivity index (χ2v) is 9.46. The van der Waals surface area contributed by atoms with E-state index in [2.05, 4.69) is 43.4 Å². The number of carbonyl (C=O) groups excluding carboxylic acids is 1. The number of benzene rings is 1. The number of aliphatic hydroxyl groups excluding tert-OH is 1. The van der Waals surface area contributed by atoms with Gasteiger partial charge in [-0.1, -0.05) is 31.2 Å². The van der Waals surface area contributed by atoms with Crippen molar-refractivity contribution in [2.75, 3.05) is 20.1 Å². The standard InChI is InChI=1S/C20H32BrN5O.C9H7NO/c1-6-7-10-18(27)15(2)13-16(3)19(24-12-9-8-11-22-4)26-20(23-5)17(21)14-25-26;10-5-4-8-2-1-3-9(6-8)7-11/h7,10,14,22,24,27H,5-6,8-9,11-13H2,1-4H3;1-3,6-7H,4H2/b10-7-,18-15-,19-16-;. The van der Waals surface area contributed by atoms with Gasteiger partial charge in [0, 0.05) is 12.1 Å². The zero-order chi connectivity index (χ0) is 28.3. The Balaban J connectivity index is 0.000000544. The number of nitriles is 1. The van der Waals surface area contributed by atoms with Crippen LogP contribution in [0.5, 0.6) is 0 Å². The number of allylic oxidation sites excluding steroid dienone is 4. The monoisotopic (exact) mass is 582 g/mol. The summed E-state index contributed by atoms with van der Waals surface area (Å²) in [5, 5.41) is 29.6. The molecule has 38 heavy (non-hydrogen) atoms. The minimum atomic E-state index is 0.313. The van der Waals surface area contributed by atoms with Gasteiger partial charge in [0.25, 0.3) is 0 Å². The highest BCUT2D eigenvalue weighted by Crippen LogP contribution is 2.28. The Morgan fingerprint density at radius 3 is 2.66 bits per heavy atom. The Labute approximate surface area is 235 Å². The zero-order valence-electron chi connectivity index (χ0n) is 22.8. The van der Waals surface area contributed by atoms with Crippen LogP contribution in [-0.4, -0.2) is 48.0 Å². The first-order valence-corrected chi connectivity index (χ1v) is 13.4. The smallest absolute Gasteiger partial charge is 0.171 e. The van der Waals surface area contributed by atoms with E-state index in [1.165, 1.54) is 0 Å². The molecule has 0 amide bonds. The number of hydrogen-bond donors (Lipinski definition) is 3. The third-order valence-corrected chi connectivity index (χ3v) is 6.02. The van der Waals surface area contributed by atoms with E-state index in [0.717, 1.165) is 65.6 Å². The molecule has 9 heteroatoms. The van der Waals surface area contributed by atoms with Gasteiger partial charge in [0.1, 0.15) is 17.9 Å². The van der Waals surface area contributed by atoms with Gasteiger partial charge in [-0.15, -0.1) is 0 Å². The maximum Gasteiger partial charge on any atom is 0.171 e. The first-order chi connectivity index (χ1) is 18.3. The molecule has 0 saturated carbocycles. The molecule has 1 aromatic heterocycles. The van der Waals surface area contributed by atoms with Gasteiger partial charge >= 0.3 is 0 Å². The highest BCUT2D eigenvalue weighted by Gasteiger charge is 2.14. The van der Waals surface area contributed by atoms with E-state index < -0.39 is 0 Å². The van der Waals surface area contributed by atoms with E-state index in [1.807, 2.05) is 46.0 Å². The average Bonchev–Trinajstić information content (AvgIpc) is 3.29. The maximum absolute atomic E-state index is 10.3. The fourth-order valence-electron chi connectivity index (χ4n) is 3.48. The van der Waals surface area contributed by atoms with Crippen LogP contribution in [0.3, 0.4) is 0 Å². The van der Waals surface area contributed by atoms with E-state index >= 15 is 0 Å². The summed E-state index contributed by atoms with van der Waals surface area (Å²) < 4.78 is 2.55. The van der Waals surface area contributed by atoms with Gasteiger partial charge in [0.2, 0.25) is 0 Å². The number of carbonyl (C=O) groups is 1. The third kappa shape index (κ3) is 11.3. The van der Waals surface area contributed by atoms with Crippen LogP contribution in [0.1, 0.15) is 62.4 Å². The van der Waals surface area contributed by atoms with E-state index in [0.29, 0.717) is 30.0 Å². The van der Waals surface area contributed by atoms with Gasteiger partial charge in [-0.3, -0.25) is 4.79 Å². The summed E-state index contributed by atoms with van der Waals surface area (Å²) >= 11 is 3.47. The Hall–Kier alpha value is -3.48. The van der Waals surface area contributed by atoms with Crippen LogP contribution in [0, 0.1) is 11.3 Å². The highest BCUT2D eigenvalue weighted by atomic mass is 79.9. The van der Waals surface area contributed by atoms with Gasteiger partial charge < -0.3 is 15.7 Å². The predicted molar refractivity (Wildman–Crippen MR) is 160 cm³/mol. The molecule has 0 atom stereocenters. The molecule has 0 aliphatic rings. The summed E-state index contributed by atoms with van der Waals surface area (Å²) in [6, 6.07) is 9.06. The molecule has 8 nitrogen and oxygen atoms in total. The minimum absolute atomic E-state index is 0.313. The number of aromatic nitrogens is 2. The minimum Gasteiger partial charge on any atom is -0.508 e. The van der Waals surface area contributed by atoms with Gasteiger partial charge in [0.05, 0.1) is 23.2 Å². The molecule has 0 spiro atoms. The van der Waals surface area contributed by atoms with Gasteiger partial charge in [-0.05, 0) is 105 Å². The number of aliphatic imine (C=N–C) groups is 1. The fourth-order valence-corrected chi connectivity index (χ4v) is 3.86. The largest absolute Gasteiger partial charge is 0.508 e. The van der Waals surface area contributed by atoms with Crippen molar-refractivity contribution in [2.24, 2.45) is 4.99 Å². The van der Waals surface area contributed by atoms with Crippen molar-refractivity contribution in [3.05, 3.63) is 75.1 Å². The fraction of sp³-hybridized carbons (Fsp3) is 0.379. The van der Waals surface area contributed by atoms with Gasteiger partial charge in [-0.2, -0.15) is 15.0 Å². The first kappa shape index (κ1) is 32.5. The van der Waals surface area contributed by atoms with E-state index in [1.54, 1.807) is 35.2 Å². The van der Waals surface area contributed by atoms with Crippen LogP contribution < -0.4 is 10.6 Å². The van der Waals surface area contributed by atoms with E-state index in [4.69, 9.17) is 5.26 Å². The van der Waals surface area contributed by atoms with Crippen molar-refractivity contribution in [1.82, 2.24) is 20.4 Å². The van der Waals surface area contributed by atoms with Crippen molar-refractivity contribution in [3.8, 4) is 6.07 Å².